The van der Waals surface area contributed by atoms with Crippen LogP contribution in [0, 0.1) is 0 Å². The lowest BCUT2D eigenvalue weighted by Gasteiger charge is -2.24. The number of hydrogen-bond acceptors (Lipinski definition) is 1. The van der Waals surface area contributed by atoms with E-state index in [2.05, 4.69) is 46.3 Å². The number of nitrogen functional groups attached to an aromatic ring is 1. The summed E-state index contributed by atoms with van der Waals surface area (Å²) in [4.78, 5) is 0. The Labute approximate surface area is 103 Å². The molecule has 1 aliphatic rings. The molecule has 0 fully saturated rings. The average Bonchev–Trinajstić information content (AvgIpc) is 2.24. The van der Waals surface area contributed by atoms with Crippen LogP contribution in [0.2, 0.25) is 0 Å². The molecule has 3 rings (SSSR count). The van der Waals surface area contributed by atoms with Crippen LogP contribution in [0.25, 0.3) is 11.1 Å². The maximum absolute atomic E-state index is 6.08. The number of aryl methyl sites for hydroxylation is 1. The molecule has 0 spiro atoms. The highest BCUT2D eigenvalue weighted by Gasteiger charge is 2.19. The number of fused-ring (bicyclic) bond motifs is 1. The summed E-state index contributed by atoms with van der Waals surface area (Å²) in [6.07, 6.45) is 2.35. The molecule has 2 N–H and O–H groups in total. The van der Waals surface area contributed by atoms with E-state index in [9.17, 15) is 0 Å². The van der Waals surface area contributed by atoms with Gasteiger partial charge in [0.2, 0.25) is 0 Å². The summed E-state index contributed by atoms with van der Waals surface area (Å²) in [5.74, 6) is 0. The first kappa shape index (κ1) is 9.91. The molecule has 0 unspecified atom stereocenters. The third-order valence-corrected chi connectivity index (χ3v) is 3.75. The first-order valence-corrected chi connectivity index (χ1v) is 6.21. The van der Waals surface area contributed by atoms with Crippen molar-refractivity contribution in [2.45, 2.75) is 12.8 Å². The van der Waals surface area contributed by atoms with E-state index >= 15 is 0 Å². The lowest BCUT2D eigenvalue weighted by atomic mass is 9.82. The average molecular weight is 274 g/mol. The van der Waals surface area contributed by atoms with Gasteiger partial charge in [-0.05, 0) is 47.7 Å². The van der Waals surface area contributed by atoms with Crippen molar-refractivity contribution in [1.29, 1.82) is 0 Å². The van der Waals surface area contributed by atoms with Gasteiger partial charge in [-0.1, -0.05) is 34.1 Å². The molecular formula is C14H12BrN. The van der Waals surface area contributed by atoms with Crippen molar-refractivity contribution in [2.75, 3.05) is 5.73 Å². The summed E-state index contributed by atoms with van der Waals surface area (Å²) in [7, 11) is 0. The molecule has 2 aromatic rings. The summed E-state index contributed by atoms with van der Waals surface area (Å²) < 4.78 is 1.10. The van der Waals surface area contributed by atoms with E-state index < -0.39 is 0 Å². The minimum atomic E-state index is 0.890. The molecule has 16 heavy (non-hydrogen) atoms. The Balaban J connectivity index is 2.19. The second kappa shape index (κ2) is 3.63. The van der Waals surface area contributed by atoms with Crippen LogP contribution >= 0.6 is 15.9 Å². The molecule has 2 aromatic carbocycles. The van der Waals surface area contributed by atoms with Crippen LogP contribution < -0.4 is 5.73 Å². The van der Waals surface area contributed by atoms with Gasteiger partial charge in [0.15, 0.2) is 0 Å². The van der Waals surface area contributed by atoms with Gasteiger partial charge in [-0.15, -0.1) is 0 Å². The Bertz CT molecular complexity index is 543. The molecular weight excluding hydrogens is 262 g/mol. The molecule has 0 atom stereocenters. The molecule has 1 nitrogen and oxygen atoms in total. The standard InChI is InChI=1S/C14H12BrN/c15-11-5-1-10(2-6-11)14-12-7-3-9(12)4-8-13(14)16/h1-2,4-6,8H,3,7,16H2. The maximum Gasteiger partial charge on any atom is 0.0396 e. The molecule has 0 aromatic heterocycles. The van der Waals surface area contributed by atoms with Gasteiger partial charge in [0, 0.05) is 15.7 Å². The Hall–Kier alpha value is -1.28. The van der Waals surface area contributed by atoms with Crippen molar-refractivity contribution < 1.29 is 0 Å². The molecule has 0 heterocycles. The Morgan fingerprint density at radius 1 is 0.938 bits per heavy atom. The van der Waals surface area contributed by atoms with Crippen molar-refractivity contribution in [3.8, 4) is 11.1 Å². The topological polar surface area (TPSA) is 26.0 Å². The molecule has 0 amide bonds. The number of anilines is 1. The third-order valence-electron chi connectivity index (χ3n) is 3.22. The highest BCUT2D eigenvalue weighted by Crippen LogP contribution is 2.38. The summed E-state index contributed by atoms with van der Waals surface area (Å²) in [6.45, 7) is 0. The van der Waals surface area contributed by atoms with Crippen molar-refractivity contribution >= 4 is 21.6 Å². The van der Waals surface area contributed by atoms with E-state index in [0.717, 1.165) is 16.6 Å². The van der Waals surface area contributed by atoms with E-state index in [0.29, 0.717) is 0 Å². The maximum atomic E-state index is 6.08. The Morgan fingerprint density at radius 2 is 1.69 bits per heavy atom. The predicted molar refractivity (Wildman–Crippen MR) is 71.4 cm³/mol. The zero-order valence-electron chi connectivity index (χ0n) is 8.83. The van der Waals surface area contributed by atoms with Crippen LogP contribution in [0.5, 0.6) is 0 Å². The largest absolute Gasteiger partial charge is 0.398 e. The molecule has 0 radical (unpaired) electrons. The summed E-state index contributed by atoms with van der Waals surface area (Å²) in [6, 6.07) is 12.5. The van der Waals surface area contributed by atoms with E-state index in [1.165, 1.54) is 28.7 Å². The van der Waals surface area contributed by atoms with Gasteiger partial charge in [-0.2, -0.15) is 0 Å². The number of rotatable bonds is 1. The van der Waals surface area contributed by atoms with Gasteiger partial charge in [0.25, 0.3) is 0 Å². The van der Waals surface area contributed by atoms with Gasteiger partial charge in [-0.3, -0.25) is 0 Å². The van der Waals surface area contributed by atoms with Crippen LogP contribution in [0.3, 0.4) is 0 Å². The molecule has 1 aliphatic carbocycles. The highest BCUT2D eigenvalue weighted by atomic mass is 79.9. The first-order chi connectivity index (χ1) is 7.75. The summed E-state index contributed by atoms with van der Waals surface area (Å²) in [5.41, 5.74) is 12.3. The Morgan fingerprint density at radius 3 is 2.31 bits per heavy atom. The Kier molecular flexibility index (Phi) is 2.25. The van der Waals surface area contributed by atoms with E-state index in [4.69, 9.17) is 5.73 Å². The predicted octanol–water partition coefficient (Wildman–Crippen LogP) is 3.80. The quantitative estimate of drug-likeness (QED) is 0.786. The van der Waals surface area contributed by atoms with Gasteiger partial charge >= 0.3 is 0 Å². The van der Waals surface area contributed by atoms with E-state index in [1.54, 1.807) is 0 Å². The molecule has 0 saturated carbocycles. The molecule has 0 bridgehead atoms. The van der Waals surface area contributed by atoms with Crippen molar-refractivity contribution in [1.82, 2.24) is 0 Å². The van der Waals surface area contributed by atoms with Crippen LogP contribution in [0.15, 0.2) is 40.9 Å². The fourth-order valence-corrected chi connectivity index (χ4v) is 2.53. The normalized spacial score (nSPS) is 13.1. The number of hydrogen-bond donors (Lipinski definition) is 1. The summed E-state index contributed by atoms with van der Waals surface area (Å²) >= 11 is 3.45. The lowest BCUT2D eigenvalue weighted by molar-refractivity contribution is 0.843. The second-order valence-corrected chi connectivity index (χ2v) is 5.09. The second-order valence-electron chi connectivity index (χ2n) is 4.17. The molecule has 0 saturated heterocycles. The zero-order chi connectivity index (χ0) is 11.1. The van der Waals surface area contributed by atoms with Crippen LogP contribution in [0.4, 0.5) is 5.69 Å². The number of nitrogens with two attached hydrogens (primary N) is 1. The highest BCUT2D eigenvalue weighted by molar-refractivity contribution is 9.10. The zero-order valence-corrected chi connectivity index (χ0v) is 10.4. The first-order valence-electron chi connectivity index (χ1n) is 5.42. The monoisotopic (exact) mass is 273 g/mol. The number of benzene rings is 2. The van der Waals surface area contributed by atoms with E-state index in [-0.39, 0.29) is 0 Å². The van der Waals surface area contributed by atoms with E-state index in [1.807, 2.05) is 6.07 Å². The lowest BCUT2D eigenvalue weighted by Crippen LogP contribution is -2.11. The molecule has 80 valence electrons. The van der Waals surface area contributed by atoms with Crippen LogP contribution in [-0.2, 0) is 12.8 Å². The third kappa shape index (κ3) is 1.45. The minimum absolute atomic E-state index is 0.890. The van der Waals surface area contributed by atoms with Crippen molar-refractivity contribution in [3.05, 3.63) is 52.0 Å². The van der Waals surface area contributed by atoms with Gasteiger partial charge in [0.05, 0.1) is 0 Å². The van der Waals surface area contributed by atoms with Gasteiger partial charge in [0.1, 0.15) is 0 Å². The fraction of sp³-hybridized carbons (Fsp3) is 0.143. The SMILES string of the molecule is Nc1ccc2c(c1-c1ccc(Br)cc1)CC2. The van der Waals surface area contributed by atoms with Crippen LogP contribution in [-0.4, -0.2) is 0 Å². The number of halogens is 1. The smallest absolute Gasteiger partial charge is 0.0396 e. The summed E-state index contributed by atoms with van der Waals surface area (Å²) in [5, 5.41) is 0. The van der Waals surface area contributed by atoms with Crippen LogP contribution in [0.1, 0.15) is 11.1 Å². The molecule has 0 aliphatic heterocycles. The molecule has 2 heteroatoms. The fourth-order valence-electron chi connectivity index (χ4n) is 2.27. The minimum Gasteiger partial charge on any atom is -0.398 e. The van der Waals surface area contributed by atoms with Gasteiger partial charge < -0.3 is 5.73 Å². The van der Waals surface area contributed by atoms with Crippen molar-refractivity contribution in [2.24, 2.45) is 0 Å². The van der Waals surface area contributed by atoms with Gasteiger partial charge in [-0.25, -0.2) is 0 Å². The van der Waals surface area contributed by atoms with Crippen molar-refractivity contribution in [3.63, 3.8) is 0 Å².